The molecule has 0 saturated heterocycles. The Kier molecular flexibility index (Phi) is 6.42. The van der Waals surface area contributed by atoms with Crippen molar-refractivity contribution in [2.24, 2.45) is 0 Å². The Morgan fingerprint density at radius 3 is 1.68 bits per heavy atom. The van der Waals surface area contributed by atoms with E-state index >= 15 is 0 Å². The van der Waals surface area contributed by atoms with Crippen molar-refractivity contribution in [3.63, 3.8) is 0 Å². The van der Waals surface area contributed by atoms with E-state index in [1.807, 2.05) is 36.5 Å². The van der Waals surface area contributed by atoms with Gasteiger partial charge in [0.05, 0.1) is 44.8 Å². The van der Waals surface area contributed by atoms with E-state index in [2.05, 4.69) is 131 Å². The lowest BCUT2D eigenvalue weighted by molar-refractivity contribution is 1.28. The third-order valence-electron chi connectivity index (χ3n) is 9.51. The van der Waals surface area contributed by atoms with Crippen LogP contribution in [-0.2, 0) is 0 Å². The summed E-state index contributed by atoms with van der Waals surface area (Å²) in [7, 11) is 0. The highest BCUT2D eigenvalue weighted by molar-refractivity contribution is 6.03. The summed E-state index contributed by atoms with van der Waals surface area (Å²) in [5, 5.41) is 6.70. The highest BCUT2D eigenvalue weighted by Crippen LogP contribution is 2.32. The summed E-state index contributed by atoms with van der Waals surface area (Å²) in [5.74, 6) is 0. The highest BCUT2D eigenvalue weighted by Gasteiger charge is 2.10. The first-order valence-electron chi connectivity index (χ1n) is 16.6. The molecule has 0 radical (unpaired) electrons. The van der Waals surface area contributed by atoms with Crippen molar-refractivity contribution in [2.45, 2.75) is 0 Å². The van der Waals surface area contributed by atoms with Gasteiger partial charge in [-0.3, -0.25) is 9.97 Å². The van der Waals surface area contributed by atoms with Gasteiger partial charge in [0.15, 0.2) is 0 Å². The Hall–Kier alpha value is -6.85. The Labute approximate surface area is 287 Å². The molecule has 5 aromatic heterocycles. The lowest BCUT2D eigenvalue weighted by atomic mass is 9.99. The van der Waals surface area contributed by atoms with Crippen LogP contribution < -0.4 is 0 Å². The molecular formula is C45H27N5. The Balaban J connectivity index is 0.950. The number of nitrogens with zero attached hydrogens (tertiary/aromatic N) is 5. The molecule has 0 N–H and O–H groups in total. The minimum atomic E-state index is 0.869. The van der Waals surface area contributed by atoms with Crippen LogP contribution in [0.3, 0.4) is 0 Å². The first-order chi connectivity index (χ1) is 24.7. The maximum atomic E-state index is 5.07. The van der Waals surface area contributed by atoms with Crippen LogP contribution in [-0.4, -0.2) is 24.9 Å². The number of aromatic nitrogens is 5. The first-order valence-corrected chi connectivity index (χ1v) is 16.6. The number of benzene rings is 5. The Morgan fingerprint density at radius 2 is 0.860 bits per heavy atom. The molecule has 5 aromatic carbocycles. The predicted octanol–water partition coefficient (Wildman–Crippen LogP) is 11.1. The molecule has 0 saturated carbocycles. The van der Waals surface area contributed by atoms with E-state index in [-0.39, 0.29) is 0 Å². The molecule has 0 amide bonds. The first kappa shape index (κ1) is 28.2. The molecule has 5 nitrogen and oxygen atoms in total. The van der Waals surface area contributed by atoms with E-state index in [1.165, 1.54) is 0 Å². The van der Waals surface area contributed by atoms with E-state index in [1.54, 1.807) is 6.20 Å². The van der Waals surface area contributed by atoms with E-state index in [0.717, 1.165) is 99.4 Å². The highest BCUT2D eigenvalue weighted by atomic mass is 14.8. The van der Waals surface area contributed by atoms with Crippen LogP contribution in [0.2, 0.25) is 0 Å². The molecule has 0 aliphatic heterocycles. The van der Waals surface area contributed by atoms with Gasteiger partial charge in [-0.15, -0.1) is 0 Å². The van der Waals surface area contributed by atoms with E-state index in [4.69, 9.17) is 15.0 Å². The standard InChI is InChI=1S/C45H27N5/c1-2-22-46-41(5-1)42-21-14-28-6-9-34(27-43(28)49-42)33-16-19-38-37(26-33)17-20-39(48-38)35-12-10-32-25-36(13-11-31(32)24-35)40-18-15-30-8-7-29-4-3-23-47-44(29)45(30)50-40/h1-27H. The van der Waals surface area contributed by atoms with Crippen LogP contribution in [0.1, 0.15) is 0 Å². The van der Waals surface area contributed by atoms with Crippen molar-refractivity contribution < 1.29 is 0 Å². The van der Waals surface area contributed by atoms with Crippen LogP contribution in [0.5, 0.6) is 0 Å². The zero-order chi connectivity index (χ0) is 33.0. The van der Waals surface area contributed by atoms with Crippen molar-refractivity contribution in [1.82, 2.24) is 24.9 Å². The fourth-order valence-electron chi connectivity index (χ4n) is 6.87. The number of hydrogen-bond acceptors (Lipinski definition) is 5. The quantitative estimate of drug-likeness (QED) is 0.180. The minimum absolute atomic E-state index is 0.869. The second-order valence-corrected chi connectivity index (χ2v) is 12.6. The molecule has 0 unspecified atom stereocenters. The summed E-state index contributed by atoms with van der Waals surface area (Å²) in [4.78, 5) is 24.1. The Morgan fingerprint density at radius 1 is 0.280 bits per heavy atom. The summed E-state index contributed by atoms with van der Waals surface area (Å²) < 4.78 is 0. The van der Waals surface area contributed by atoms with Gasteiger partial charge in [0.2, 0.25) is 0 Å². The van der Waals surface area contributed by atoms with Gasteiger partial charge < -0.3 is 0 Å². The number of pyridine rings is 5. The van der Waals surface area contributed by atoms with Crippen molar-refractivity contribution >= 4 is 54.4 Å². The zero-order valence-corrected chi connectivity index (χ0v) is 26.8. The molecule has 232 valence electrons. The third kappa shape index (κ3) is 4.92. The van der Waals surface area contributed by atoms with Gasteiger partial charge in [-0.2, -0.15) is 0 Å². The van der Waals surface area contributed by atoms with Gasteiger partial charge in [0, 0.05) is 45.1 Å². The van der Waals surface area contributed by atoms with E-state index < -0.39 is 0 Å². The molecule has 0 spiro atoms. The summed E-state index contributed by atoms with van der Waals surface area (Å²) in [6.07, 6.45) is 3.63. The molecule has 0 aliphatic carbocycles. The largest absolute Gasteiger partial charge is 0.255 e. The summed E-state index contributed by atoms with van der Waals surface area (Å²) in [6, 6.07) is 52.8. The average Bonchev–Trinajstić information content (AvgIpc) is 3.19. The lowest BCUT2D eigenvalue weighted by Crippen LogP contribution is -1.90. The molecular weight excluding hydrogens is 611 g/mol. The fourth-order valence-corrected chi connectivity index (χ4v) is 6.87. The molecule has 5 heterocycles. The fraction of sp³-hybridized carbons (Fsp3) is 0. The maximum Gasteiger partial charge on any atom is 0.0972 e. The van der Waals surface area contributed by atoms with Crippen LogP contribution in [0.15, 0.2) is 164 Å². The molecule has 0 fully saturated rings. The second kappa shape index (κ2) is 11.4. The molecule has 0 aliphatic rings. The molecule has 5 heteroatoms. The minimum Gasteiger partial charge on any atom is -0.255 e. The van der Waals surface area contributed by atoms with Crippen molar-refractivity contribution in [3.05, 3.63) is 164 Å². The van der Waals surface area contributed by atoms with E-state index in [0.29, 0.717) is 0 Å². The second-order valence-electron chi connectivity index (χ2n) is 12.6. The normalized spacial score (nSPS) is 11.6. The summed E-state index contributed by atoms with van der Waals surface area (Å²) in [5.41, 5.74) is 11.8. The van der Waals surface area contributed by atoms with Gasteiger partial charge in [-0.1, -0.05) is 84.9 Å². The van der Waals surface area contributed by atoms with Crippen LogP contribution in [0.4, 0.5) is 0 Å². The summed E-state index contributed by atoms with van der Waals surface area (Å²) >= 11 is 0. The number of hydrogen-bond donors (Lipinski definition) is 0. The van der Waals surface area contributed by atoms with Gasteiger partial charge in [-0.05, 0) is 88.6 Å². The number of fused-ring (bicyclic) bond motifs is 6. The maximum absolute atomic E-state index is 5.07. The SMILES string of the molecule is c1ccc(-c2ccc3ccc(-c4ccc5nc(-c6ccc7cc(-c8ccc9ccc%10cccnc%10c9n8)ccc7c6)ccc5c4)cc3n2)nc1. The van der Waals surface area contributed by atoms with Gasteiger partial charge in [-0.25, -0.2) is 15.0 Å². The monoisotopic (exact) mass is 637 g/mol. The average molecular weight is 638 g/mol. The van der Waals surface area contributed by atoms with Crippen molar-refractivity contribution in [1.29, 1.82) is 0 Å². The smallest absolute Gasteiger partial charge is 0.0972 e. The molecule has 0 bridgehead atoms. The topological polar surface area (TPSA) is 64.5 Å². The predicted molar refractivity (Wildman–Crippen MR) is 205 cm³/mol. The van der Waals surface area contributed by atoms with Gasteiger partial charge in [0.25, 0.3) is 0 Å². The Bertz CT molecular complexity index is 2940. The number of rotatable bonds is 4. The molecule has 0 atom stereocenters. The van der Waals surface area contributed by atoms with Gasteiger partial charge >= 0.3 is 0 Å². The van der Waals surface area contributed by atoms with Crippen molar-refractivity contribution in [3.8, 4) is 45.0 Å². The molecule has 10 aromatic rings. The summed E-state index contributed by atoms with van der Waals surface area (Å²) in [6.45, 7) is 0. The van der Waals surface area contributed by atoms with E-state index in [9.17, 15) is 0 Å². The third-order valence-corrected chi connectivity index (χ3v) is 9.51. The molecule has 50 heavy (non-hydrogen) atoms. The lowest BCUT2D eigenvalue weighted by Gasteiger charge is -2.09. The van der Waals surface area contributed by atoms with Crippen molar-refractivity contribution in [2.75, 3.05) is 0 Å². The van der Waals surface area contributed by atoms with Crippen LogP contribution in [0.25, 0.3) is 99.4 Å². The molecule has 10 rings (SSSR count). The van der Waals surface area contributed by atoms with Crippen LogP contribution in [0, 0.1) is 0 Å². The van der Waals surface area contributed by atoms with Crippen LogP contribution >= 0.6 is 0 Å². The van der Waals surface area contributed by atoms with Gasteiger partial charge in [0.1, 0.15) is 0 Å². The zero-order valence-electron chi connectivity index (χ0n) is 26.8.